The molecule has 0 heterocycles. The second-order valence-corrected chi connectivity index (χ2v) is 7.20. The maximum atomic E-state index is 12.2. The fourth-order valence-corrected chi connectivity index (χ4v) is 3.20. The number of carbonyl (C=O) groups excluding carboxylic acids is 2. The van der Waals surface area contributed by atoms with Gasteiger partial charge < -0.3 is 10.1 Å². The SMILES string of the molecule is CCNS(=O)(=O)c1cccc(C(=O)O[C@@H](C)C(=O)Nc2ccccc2)c1. The molecule has 0 unspecified atom stereocenters. The molecular weight excluding hydrogens is 356 g/mol. The molecule has 0 radical (unpaired) electrons. The minimum Gasteiger partial charge on any atom is -0.449 e. The Bertz CT molecular complexity index is 881. The first-order valence-corrected chi connectivity index (χ1v) is 9.48. The van der Waals surface area contributed by atoms with Crippen LogP contribution >= 0.6 is 0 Å². The highest BCUT2D eigenvalue weighted by molar-refractivity contribution is 7.89. The van der Waals surface area contributed by atoms with Gasteiger partial charge in [-0.3, -0.25) is 4.79 Å². The standard InChI is InChI=1S/C18H20N2O5S/c1-3-19-26(23,24)16-11-7-8-14(12-16)18(22)25-13(2)17(21)20-15-9-5-4-6-10-15/h4-13,19H,3H2,1-2H3,(H,20,21)/t13-/m0/s1. The summed E-state index contributed by atoms with van der Waals surface area (Å²) in [5, 5.41) is 2.63. The van der Waals surface area contributed by atoms with E-state index in [0.29, 0.717) is 5.69 Å². The molecule has 2 aromatic carbocycles. The quantitative estimate of drug-likeness (QED) is 0.721. The Morgan fingerprint density at radius 2 is 1.77 bits per heavy atom. The van der Waals surface area contributed by atoms with E-state index in [4.69, 9.17) is 4.74 Å². The minimum absolute atomic E-state index is 0.0448. The zero-order chi connectivity index (χ0) is 19.2. The molecule has 1 atom stereocenters. The van der Waals surface area contributed by atoms with Crippen molar-refractivity contribution < 1.29 is 22.7 Å². The van der Waals surface area contributed by atoms with Gasteiger partial charge in [-0.2, -0.15) is 0 Å². The molecule has 0 bridgehead atoms. The third-order valence-corrected chi connectivity index (χ3v) is 4.95. The lowest BCUT2D eigenvalue weighted by molar-refractivity contribution is -0.123. The van der Waals surface area contributed by atoms with Gasteiger partial charge >= 0.3 is 5.97 Å². The average Bonchev–Trinajstić information content (AvgIpc) is 2.62. The monoisotopic (exact) mass is 376 g/mol. The lowest BCUT2D eigenvalue weighted by Crippen LogP contribution is -2.30. The highest BCUT2D eigenvalue weighted by Gasteiger charge is 2.21. The lowest BCUT2D eigenvalue weighted by Gasteiger charge is -2.14. The van der Waals surface area contributed by atoms with Crippen molar-refractivity contribution in [3.63, 3.8) is 0 Å². The number of benzene rings is 2. The number of nitrogens with one attached hydrogen (secondary N) is 2. The smallest absolute Gasteiger partial charge is 0.338 e. The fourth-order valence-electron chi connectivity index (χ4n) is 2.11. The van der Waals surface area contributed by atoms with Crippen LogP contribution in [0.1, 0.15) is 24.2 Å². The third-order valence-electron chi connectivity index (χ3n) is 3.41. The molecule has 0 spiro atoms. The van der Waals surface area contributed by atoms with Gasteiger partial charge in [-0.1, -0.05) is 31.2 Å². The van der Waals surface area contributed by atoms with Crippen molar-refractivity contribution in [3.8, 4) is 0 Å². The summed E-state index contributed by atoms with van der Waals surface area (Å²) in [6.07, 6.45) is -1.04. The summed E-state index contributed by atoms with van der Waals surface area (Å²) in [4.78, 5) is 24.3. The van der Waals surface area contributed by atoms with Crippen molar-refractivity contribution in [2.45, 2.75) is 24.8 Å². The van der Waals surface area contributed by atoms with Crippen LogP contribution in [0.25, 0.3) is 0 Å². The van der Waals surface area contributed by atoms with Gasteiger partial charge in [0.2, 0.25) is 10.0 Å². The summed E-state index contributed by atoms with van der Waals surface area (Å²) in [7, 11) is -3.69. The number of amides is 1. The molecule has 138 valence electrons. The van der Waals surface area contributed by atoms with Gasteiger partial charge in [-0.15, -0.1) is 0 Å². The van der Waals surface area contributed by atoms with E-state index in [2.05, 4.69) is 10.0 Å². The summed E-state index contributed by atoms with van der Waals surface area (Å²) in [6.45, 7) is 3.33. The number of hydrogen-bond acceptors (Lipinski definition) is 5. The van der Waals surface area contributed by atoms with Crippen LogP contribution in [0.15, 0.2) is 59.5 Å². The molecule has 0 aliphatic rings. The predicted octanol–water partition coefficient (Wildman–Crippen LogP) is 2.17. The Hall–Kier alpha value is -2.71. The van der Waals surface area contributed by atoms with E-state index in [1.54, 1.807) is 31.2 Å². The average molecular weight is 376 g/mol. The molecule has 2 aromatic rings. The summed E-state index contributed by atoms with van der Waals surface area (Å²) in [5.74, 6) is -1.27. The zero-order valence-electron chi connectivity index (χ0n) is 14.4. The molecule has 8 heteroatoms. The largest absolute Gasteiger partial charge is 0.449 e. The molecule has 7 nitrogen and oxygen atoms in total. The summed E-state index contributed by atoms with van der Waals surface area (Å²) in [5.41, 5.74) is 0.627. The highest BCUT2D eigenvalue weighted by Crippen LogP contribution is 2.14. The van der Waals surface area contributed by atoms with Gasteiger partial charge in [0.05, 0.1) is 10.5 Å². The Balaban J connectivity index is 2.06. The van der Waals surface area contributed by atoms with E-state index >= 15 is 0 Å². The number of sulfonamides is 1. The molecule has 2 rings (SSSR count). The first kappa shape index (κ1) is 19.6. The van der Waals surface area contributed by atoms with Gasteiger partial charge in [0, 0.05) is 12.2 Å². The zero-order valence-corrected chi connectivity index (χ0v) is 15.2. The fraction of sp³-hybridized carbons (Fsp3) is 0.222. The van der Waals surface area contributed by atoms with Crippen LogP contribution < -0.4 is 10.0 Å². The topological polar surface area (TPSA) is 102 Å². The third kappa shape index (κ3) is 5.14. The van der Waals surface area contributed by atoms with Crippen LogP contribution in [0.3, 0.4) is 0 Å². The predicted molar refractivity (Wildman–Crippen MR) is 97.3 cm³/mol. The van der Waals surface area contributed by atoms with Crippen molar-refractivity contribution in [1.82, 2.24) is 4.72 Å². The highest BCUT2D eigenvalue weighted by atomic mass is 32.2. The maximum absolute atomic E-state index is 12.2. The maximum Gasteiger partial charge on any atom is 0.338 e. The second-order valence-electron chi connectivity index (χ2n) is 5.43. The minimum atomic E-state index is -3.69. The Kier molecular flexibility index (Phi) is 6.48. The van der Waals surface area contributed by atoms with E-state index in [1.165, 1.54) is 31.2 Å². The van der Waals surface area contributed by atoms with Crippen molar-refractivity contribution in [2.24, 2.45) is 0 Å². The Morgan fingerprint density at radius 1 is 1.08 bits per heavy atom. The van der Waals surface area contributed by atoms with Crippen LogP contribution in [0.5, 0.6) is 0 Å². The molecule has 0 saturated carbocycles. The number of esters is 1. The molecule has 0 saturated heterocycles. The van der Waals surface area contributed by atoms with Crippen molar-refractivity contribution in [2.75, 3.05) is 11.9 Å². The van der Waals surface area contributed by atoms with Crippen molar-refractivity contribution in [3.05, 3.63) is 60.2 Å². The molecule has 0 aliphatic heterocycles. The Labute approximate surface area is 152 Å². The number of hydrogen-bond donors (Lipinski definition) is 2. The molecule has 26 heavy (non-hydrogen) atoms. The van der Waals surface area contributed by atoms with Crippen LogP contribution in [0, 0.1) is 0 Å². The molecule has 1 amide bonds. The molecule has 0 aliphatic carbocycles. The van der Waals surface area contributed by atoms with Crippen LogP contribution in [-0.4, -0.2) is 32.9 Å². The molecule has 2 N–H and O–H groups in total. The number of rotatable bonds is 7. The van der Waals surface area contributed by atoms with Crippen LogP contribution in [0.4, 0.5) is 5.69 Å². The number of para-hydroxylation sites is 1. The molecule has 0 aromatic heterocycles. The van der Waals surface area contributed by atoms with Gasteiger partial charge in [0.1, 0.15) is 0 Å². The van der Waals surface area contributed by atoms with Gasteiger partial charge in [0.15, 0.2) is 6.10 Å². The van der Waals surface area contributed by atoms with E-state index in [-0.39, 0.29) is 17.0 Å². The van der Waals surface area contributed by atoms with E-state index in [1.807, 2.05) is 6.07 Å². The van der Waals surface area contributed by atoms with E-state index in [9.17, 15) is 18.0 Å². The van der Waals surface area contributed by atoms with Gasteiger partial charge in [-0.25, -0.2) is 17.9 Å². The number of anilines is 1. The first-order chi connectivity index (χ1) is 12.3. The first-order valence-electron chi connectivity index (χ1n) is 8.00. The van der Waals surface area contributed by atoms with Crippen LogP contribution in [0.2, 0.25) is 0 Å². The van der Waals surface area contributed by atoms with E-state index in [0.717, 1.165) is 0 Å². The summed E-state index contributed by atoms with van der Waals surface area (Å²) >= 11 is 0. The molecule has 0 fully saturated rings. The summed E-state index contributed by atoms with van der Waals surface area (Å²) in [6, 6.07) is 14.2. The summed E-state index contributed by atoms with van der Waals surface area (Å²) < 4.78 is 31.5. The number of ether oxygens (including phenoxy) is 1. The normalized spacial score (nSPS) is 12.2. The van der Waals surface area contributed by atoms with Gasteiger partial charge in [0.25, 0.3) is 5.91 Å². The van der Waals surface area contributed by atoms with Crippen LogP contribution in [-0.2, 0) is 19.6 Å². The lowest BCUT2D eigenvalue weighted by atomic mass is 10.2. The van der Waals surface area contributed by atoms with Gasteiger partial charge in [-0.05, 0) is 37.3 Å². The van der Waals surface area contributed by atoms with Crippen molar-refractivity contribution >= 4 is 27.6 Å². The Morgan fingerprint density at radius 3 is 2.42 bits per heavy atom. The number of carbonyl (C=O) groups is 2. The van der Waals surface area contributed by atoms with Crippen molar-refractivity contribution in [1.29, 1.82) is 0 Å². The van der Waals surface area contributed by atoms with E-state index < -0.39 is 28.0 Å². The molecular formula is C18H20N2O5S. The second kappa shape index (κ2) is 8.59.